The summed E-state index contributed by atoms with van der Waals surface area (Å²) in [7, 11) is 0. The second-order valence-corrected chi connectivity index (χ2v) is 19.6. The van der Waals surface area contributed by atoms with Crippen LogP contribution in [0.25, 0.3) is 61.0 Å². The molecule has 11 rings (SSSR count). The molecule has 0 unspecified atom stereocenters. The van der Waals surface area contributed by atoms with Crippen LogP contribution >= 0.6 is 0 Å². The molecule has 0 saturated heterocycles. The van der Waals surface area contributed by atoms with Crippen molar-refractivity contribution in [3.63, 3.8) is 0 Å². The standard InChI is InChI=1S/C63H54N4O/c1-62(2,3)41-47-25-16-30-57-60(47)66(61-52(44-21-12-8-13-22-44)28-18-29-53(61)45-23-14-9-15-24-45)42-65(57)49-26-17-27-50(39-49)68-51-32-33-54-55-37-46(43-19-10-7-11-20-43)31-34-56(55)67(58(54)40-51)59-38-48(35-36-64-59)63(4,5)6/h7-40H,41H2,1-6H3/q+2/i41D2. The number of rotatable bonds is 9. The van der Waals surface area contributed by atoms with Crippen LogP contribution in [0.2, 0.25) is 0 Å². The van der Waals surface area contributed by atoms with Gasteiger partial charge >= 0.3 is 11.7 Å². The minimum Gasteiger partial charge on any atom is -0.457 e. The fourth-order valence-electron chi connectivity index (χ4n) is 9.45. The Hall–Kier alpha value is -8.11. The lowest BCUT2D eigenvalue weighted by atomic mass is 9.87. The van der Waals surface area contributed by atoms with Crippen LogP contribution in [0.3, 0.4) is 0 Å². The Morgan fingerprint density at radius 2 is 1.18 bits per heavy atom. The molecule has 0 bridgehead atoms. The molecule has 0 aliphatic carbocycles. The van der Waals surface area contributed by atoms with Gasteiger partial charge in [-0.05, 0) is 109 Å². The molecule has 5 heteroatoms. The third-order valence-electron chi connectivity index (χ3n) is 12.6. The van der Waals surface area contributed by atoms with Crippen LogP contribution in [0.15, 0.2) is 206 Å². The van der Waals surface area contributed by atoms with Gasteiger partial charge in [-0.1, -0.05) is 163 Å². The lowest BCUT2D eigenvalue weighted by Crippen LogP contribution is -2.12. The van der Waals surface area contributed by atoms with Crippen LogP contribution < -0.4 is 13.9 Å². The summed E-state index contributed by atoms with van der Waals surface area (Å²) < 4.78 is 32.7. The van der Waals surface area contributed by atoms with E-state index in [1.54, 1.807) is 0 Å². The van der Waals surface area contributed by atoms with Gasteiger partial charge in [-0.3, -0.25) is 4.57 Å². The molecule has 68 heavy (non-hydrogen) atoms. The second kappa shape index (κ2) is 17.0. The first kappa shape index (κ1) is 40.2. The smallest absolute Gasteiger partial charge is 0.457 e. The van der Waals surface area contributed by atoms with Crippen LogP contribution in [0.5, 0.6) is 11.5 Å². The predicted octanol–water partition coefficient (Wildman–Crippen LogP) is 16.7. The van der Waals surface area contributed by atoms with Crippen LogP contribution in [0, 0.1) is 5.41 Å². The first-order chi connectivity index (χ1) is 33.7. The van der Waals surface area contributed by atoms with Crippen molar-refractivity contribution in [1.82, 2.24) is 18.7 Å². The maximum absolute atomic E-state index is 9.72. The van der Waals surface area contributed by atoms with E-state index < -0.39 is 11.8 Å². The zero-order valence-corrected chi connectivity index (χ0v) is 39.3. The van der Waals surface area contributed by atoms with Crippen LogP contribution in [-0.4, -0.2) is 15.6 Å². The summed E-state index contributed by atoms with van der Waals surface area (Å²) in [6.07, 6.45) is 0.188. The minimum atomic E-state index is -1.72. The molecule has 5 nitrogen and oxygen atoms in total. The lowest BCUT2D eigenvalue weighted by molar-refractivity contribution is 0.411. The van der Waals surface area contributed by atoms with Crippen molar-refractivity contribution in [2.45, 2.75) is 53.3 Å². The fourth-order valence-corrected chi connectivity index (χ4v) is 9.45. The number of nitrogens with zero attached hydrogens (tertiary/aromatic N) is 4. The van der Waals surface area contributed by atoms with Crippen molar-refractivity contribution in [2.24, 2.45) is 5.41 Å². The highest BCUT2D eigenvalue weighted by Crippen LogP contribution is 2.47. The summed E-state index contributed by atoms with van der Waals surface area (Å²) in [6.45, 7) is 12.6. The summed E-state index contributed by atoms with van der Waals surface area (Å²) in [5.41, 5.74) is 12.8. The molecule has 0 saturated carbocycles. The Bertz CT molecular complexity index is 3650. The summed E-state index contributed by atoms with van der Waals surface area (Å²) in [6, 6.07) is 72.8. The average molecular weight is 885 g/mol. The highest BCUT2D eigenvalue weighted by Gasteiger charge is 2.42. The van der Waals surface area contributed by atoms with E-state index in [2.05, 4.69) is 182 Å². The SMILES string of the molecule is [2H]C([2H])(c1cccc2c1[N+](c1c(-c3ccccc3)cccc1-c1ccccc1)=C=[N+]2c1cccc(Oc2ccc3c4cc(-c5ccccc5)ccc4n(-c4cc(C(C)(C)C)ccn4)c3c2)c1)C(C)(C)C. The quantitative estimate of drug-likeness (QED) is 0.135. The summed E-state index contributed by atoms with van der Waals surface area (Å²) in [4.78, 5) is 4.95. The zero-order valence-electron chi connectivity index (χ0n) is 41.3. The van der Waals surface area contributed by atoms with Crippen molar-refractivity contribution < 1.29 is 7.48 Å². The van der Waals surface area contributed by atoms with E-state index in [1.165, 1.54) is 5.56 Å². The van der Waals surface area contributed by atoms with Gasteiger partial charge in [-0.15, -0.1) is 0 Å². The van der Waals surface area contributed by atoms with E-state index in [0.29, 0.717) is 17.1 Å². The summed E-state index contributed by atoms with van der Waals surface area (Å²) in [5.74, 6) is 2.18. The van der Waals surface area contributed by atoms with Gasteiger partial charge in [0.25, 0.3) is 5.69 Å². The molecule has 3 heterocycles. The predicted molar refractivity (Wildman–Crippen MR) is 284 cm³/mol. The third kappa shape index (κ3) is 8.02. The van der Waals surface area contributed by atoms with Crippen LogP contribution in [0.4, 0.5) is 22.7 Å². The van der Waals surface area contributed by atoms with E-state index in [9.17, 15) is 2.74 Å². The Balaban J connectivity index is 1.08. The third-order valence-corrected chi connectivity index (χ3v) is 12.6. The molecule has 0 amide bonds. The molecule has 0 N–H and O–H groups in total. The average Bonchev–Trinajstić information content (AvgIpc) is 3.92. The van der Waals surface area contributed by atoms with Crippen LogP contribution in [-0.2, 0) is 11.8 Å². The lowest BCUT2D eigenvalue weighted by Gasteiger charge is -2.20. The van der Waals surface area contributed by atoms with Crippen molar-refractivity contribution in [3.8, 4) is 50.7 Å². The molecule has 0 radical (unpaired) electrons. The highest BCUT2D eigenvalue weighted by atomic mass is 16.5. The number of pyridine rings is 1. The number of fused-ring (bicyclic) bond motifs is 4. The van der Waals surface area contributed by atoms with Gasteiger partial charge in [0.05, 0.1) is 28.2 Å². The maximum atomic E-state index is 9.72. The van der Waals surface area contributed by atoms with Gasteiger partial charge in [-0.25, -0.2) is 4.98 Å². The Kier molecular flexibility index (Phi) is 10.0. The monoisotopic (exact) mass is 884 g/mol. The fraction of sp³-hybridized carbons (Fsp3) is 0.143. The number of para-hydroxylation sites is 2. The summed E-state index contributed by atoms with van der Waals surface area (Å²) >= 11 is 0. The molecule has 0 spiro atoms. The molecule has 1 aliphatic heterocycles. The van der Waals surface area contributed by atoms with Crippen LogP contribution in [0.1, 0.15) is 55.4 Å². The highest BCUT2D eigenvalue weighted by molar-refractivity contribution is 6.11. The van der Waals surface area contributed by atoms with Gasteiger partial charge in [0.2, 0.25) is 11.4 Å². The molecule has 0 atom stereocenters. The van der Waals surface area contributed by atoms with Gasteiger partial charge in [0.1, 0.15) is 17.3 Å². The molecule has 8 aromatic carbocycles. The Morgan fingerprint density at radius 1 is 0.529 bits per heavy atom. The molecule has 0 fully saturated rings. The zero-order chi connectivity index (χ0) is 48.4. The van der Waals surface area contributed by atoms with Crippen molar-refractivity contribution in [2.75, 3.05) is 0 Å². The minimum absolute atomic E-state index is 0.0624. The number of benzene rings is 8. The van der Waals surface area contributed by atoms with Crippen molar-refractivity contribution in [3.05, 3.63) is 218 Å². The maximum Gasteiger partial charge on any atom is 0.503 e. The first-order valence-corrected chi connectivity index (χ1v) is 23.4. The first-order valence-electron chi connectivity index (χ1n) is 24.4. The van der Waals surface area contributed by atoms with E-state index in [1.807, 2.05) is 86.1 Å². The van der Waals surface area contributed by atoms with E-state index in [4.69, 9.17) is 9.72 Å². The number of hydrogen-bond donors (Lipinski definition) is 0. The number of ether oxygens (including phenoxy) is 1. The molecular formula is C63H54N4O+2. The van der Waals surface area contributed by atoms with Gasteiger partial charge < -0.3 is 4.74 Å². The van der Waals surface area contributed by atoms with Gasteiger partial charge in [0.15, 0.2) is 0 Å². The van der Waals surface area contributed by atoms with Crippen molar-refractivity contribution in [1.29, 1.82) is 0 Å². The van der Waals surface area contributed by atoms with E-state index >= 15 is 0 Å². The van der Waals surface area contributed by atoms with E-state index in [0.717, 1.165) is 83.8 Å². The molecule has 2 aromatic heterocycles. The molecular weight excluding hydrogens is 829 g/mol. The van der Waals surface area contributed by atoms with Gasteiger partial charge in [-0.2, -0.15) is 0 Å². The number of aromatic nitrogens is 2. The number of hydrogen-bond acceptors (Lipinski definition) is 2. The largest absolute Gasteiger partial charge is 0.503 e. The second-order valence-electron chi connectivity index (χ2n) is 19.6. The van der Waals surface area contributed by atoms with Crippen molar-refractivity contribution >= 4 is 50.6 Å². The molecule has 330 valence electrons. The normalized spacial score (nSPS) is 13.2. The summed E-state index contributed by atoms with van der Waals surface area (Å²) in [5, 5.41) is 2.24. The molecule has 10 aromatic rings. The topological polar surface area (TPSA) is 33.1 Å². The van der Waals surface area contributed by atoms with E-state index in [-0.39, 0.29) is 5.41 Å². The van der Waals surface area contributed by atoms with Gasteiger partial charge in [0, 0.05) is 43.5 Å². The Labute approximate surface area is 402 Å². The Morgan fingerprint density at radius 3 is 1.85 bits per heavy atom. The molecule has 1 aliphatic rings.